The minimum atomic E-state index is -4.39. The Morgan fingerprint density at radius 2 is 0.976 bits per heavy atom. The first kappa shape index (κ1) is 23.8. The van der Waals surface area contributed by atoms with Crippen molar-refractivity contribution in [2.45, 2.75) is 20.0 Å². The Kier molecular flexibility index (Phi) is 4.47. The van der Waals surface area contributed by atoms with Gasteiger partial charge in [0.1, 0.15) is 0 Å². The molecule has 0 amide bonds. The van der Waals surface area contributed by atoms with Crippen LogP contribution in [-0.4, -0.2) is 0 Å². The molecular formula is C39H23F3. The molecule has 0 N–H and O–H groups in total. The maximum atomic E-state index is 13.6. The fraction of sp³-hybridized carbons (Fsp3) is 0.0769. The van der Waals surface area contributed by atoms with Crippen LogP contribution in [0.5, 0.6) is 0 Å². The first-order valence-electron chi connectivity index (χ1n) is 14.2. The fourth-order valence-corrected chi connectivity index (χ4v) is 7.61. The van der Waals surface area contributed by atoms with Crippen molar-refractivity contribution in [2.75, 3.05) is 0 Å². The second-order valence-corrected chi connectivity index (χ2v) is 11.8. The van der Waals surface area contributed by atoms with E-state index in [0.717, 1.165) is 49.0 Å². The van der Waals surface area contributed by atoms with Gasteiger partial charge in [-0.2, -0.15) is 13.2 Å². The number of alkyl halides is 3. The zero-order valence-electron chi connectivity index (χ0n) is 22.9. The number of fused-ring (bicyclic) bond motifs is 8. The third kappa shape index (κ3) is 3.03. The highest BCUT2D eigenvalue weighted by Crippen LogP contribution is 2.51. The molecule has 0 heterocycles. The quantitative estimate of drug-likeness (QED) is 0.179. The summed E-state index contributed by atoms with van der Waals surface area (Å²) < 4.78 is 40.9. The van der Waals surface area contributed by atoms with E-state index in [4.69, 9.17) is 0 Å². The van der Waals surface area contributed by atoms with Crippen LogP contribution in [0.15, 0.2) is 103 Å². The molecule has 0 aromatic heterocycles. The Labute approximate surface area is 239 Å². The van der Waals surface area contributed by atoms with Crippen LogP contribution in [0.25, 0.3) is 86.5 Å². The van der Waals surface area contributed by atoms with E-state index in [1.165, 1.54) is 60.8 Å². The van der Waals surface area contributed by atoms with Crippen molar-refractivity contribution in [1.82, 2.24) is 0 Å². The highest BCUT2D eigenvalue weighted by Gasteiger charge is 2.30. The van der Waals surface area contributed by atoms with E-state index >= 15 is 0 Å². The number of hydrogen-bond acceptors (Lipinski definition) is 0. The lowest BCUT2D eigenvalue weighted by Crippen LogP contribution is -2.04. The zero-order valence-corrected chi connectivity index (χ0v) is 22.9. The van der Waals surface area contributed by atoms with Crippen LogP contribution in [0.3, 0.4) is 0 Å². The number of benzene rings is 7. The van der Waals surface area contributed by atoms with Crippen LogP contribution in [0.2, 0.25) is 0 Å². The van der Waals surface area contributed by atoms with Crippen molar-refractivity contribution < 1.29 is 13.2 Å². The van der Waals surface area contributed by atoms with Gasteiger partial charge in [0, 0.05) is 0 Å². The zero-order chi connectivity index (χ0) is 28.5. The summed E-state index contributed by atoms with van der Waals surface area (Å²) in [5, 5.41) is 16.4. The van der Waals surface area contributed by atoms with E-state index in [0.29, 0.717) is 0 Å². The van der Waals surface area contributed by atoms with Gasteiger partial charge in [0.15, 0.2) is 0 Å². The smallest absolute Gasteiger partial charge is 0.166 e. The Balaban J connectivity index is 1.58. The molecule has 200 valence electrons. The predicted molar refractivity (Wildman–Crippen MR) is 171 cm³/mol. The second-order valence-electron chi connectivity index (χ2n) is 11.8. The maximum absolute atomic E-state index is 13.6. The Morgan fingerprint density at radius 3 is 1.67 bits per heavy atom. The lowest BCUT2D eigenvalue weighted by Gasteiger charge is -2.15. The first-order valence-corrected chi connectivity index (χ1v) is 14.2. The molecule has 0 radical (unpaired) electrons. The normalized spacial score (nSPS) is 12.9. The lowest BCUT2D eigenvalue weighted by atomic mass is 9.88. The summed E-state index contributed by atoms with van der Waals surface area (Å²) in [5.41, 5.74) is 3.50. The third-order valence-corrected chi connectivity index (χ3v) is 9.17. The molecule has 0 saturated carbocycles. The van der Waals surface area contributed by atoms with Gasteiger partial charge in [-0.25, -0.2) is 0 Å². The highest BCUT2D eigenvalue weighted by atomic mass is 19.4. The maximum Gasteiger partial charge on any atom is 0.416 e. The van der Waals surface area contributed by atoms with Gasteiger partial charge in [-0.05, 0) is 136 Å². The van der Waals surface area contributed by atoms with Gasteiger partial charge < -0.3 is 0 Å². The molecule has 42 heavy (non-hydrogen) atoms. The molecule has 0 bridgehead atoms. The monoisotopic (exact) mass is 548 g/mol. The summed E-state index contributed by atoms with van der Waals surface area (Å²) >= 11 is 0. The summed E-state index contributed by atoms with van der Waals surface area (Å²) in [7, 11) is 0. The summed E-state index contributed by atoms with van der Waals surface area (Å²) in [5.74, 6) is 0. The molecule has 0 aliphatic heterocycles. The minimum Gasteiger partial charge on any atom is -0.166 e. The molecule has 0 unspecified atom stereocenters. The molecule has 9 rings (SSSR count). The van der Waals surface area contributed by atoms with Gasteiger partial charge in [0.05, 0.1) is 5.56 Å². The predicted octanol–water partition coefficient (Wildman–Crippen LogP) is 11.9. The van der Waals surface area contributed by atoms with Crippen LogP contribution in [0.4, 0.5) is 13.2 Å². The molecule has 0 nitrogen and oxygen atoms in total. The largest absolute Gasteiger partial charge is 0.416 e. The van der Waals surface area contributed by atoms with Crippen molar-refractivity contribution in [3.05, 3.63) is 120 Å². The van der Waals surface area contributed by atoms with Gasteiger partial charge in [-0.1, -0.05) is 78.9 Å². The van der Waals surface area contributed by atoms with Crippen LogP contribution in [0, 0.1) is 13.8 Å². The van der Waals surface area contributed by atoms with E-state index in [-0.39, 0.29) is 0 Å². The summed E-state index contributed by atoms with van der Waals surface area (Å²) in [6, 6.07) is 34.3. The van der Waals surface area contributed by atoms with Crippen molar-refractivity contribution in [1.29, 1.82) is 0 Å². The molecule has 9 aromatic carbocycles. The molecule has 0 atom stereocenters. The molecule has 0 spiro atoms. The van der Waals surface area contributed by atoms with Gasteiger partial charge >= 0.3 is 6.18 Å². The van der Waals surface area contributed by atoms with E-state index in [2.05, 4.69) is 92.7 Å². The fourth-order valence-electron chi connectivity index (χ4n) is 7.61. The van der Waals surface area contributed by atoms with Gasteiger partial charge in [0.2, 0.25) is 0 Å². The van der Waals surface area contributed by atoms with Gasteiger partial charge in [-0.15, -0.1) is 0 Å². The Bertz CT molecular complexity index is 2550. The SMILES string of the molecule is Cc1cc2cc(C)cc3c4c(-c5ccc(C(F)(F)F)cc5)c5c(cc4c(c1)c23)cc1c2ccccc2c2cccc5c21. The molecular weight excluding hydrogens is 525 g/mol. The highest BCUT2D eigenvalue weighted by molar-refractivity contribution is 6.41. The summed E-state index contributed by atoms with van der Waals surface area (Å²) in [6.45, 7) is 4.24. The summed E-state index contributed by atoms with van der Waals surface area (Å²) in [4.78, 5) is 0. The Hall–Kier alpha value is -4.89. The van der Waals surface area contributed by atoms with E-state index < -0.39 is 11.7 Å². The topological polar surface area (TPSA) is 0 Å². The van der Waals surface area contributed by atoms with Crippen LogP contribution in [0.1, 0.15) is 16.7 Å². The Morgan fingerprint density at radius 1 is 0.429 bits per heavy atom. The molecule has 0 aliphatic carbocycles. The average molecular weight is 549 g/mol. The van der Waals surface area contributed by atoms with E-state index in [1.54, 1.807) is 12.1 Å². The van der Waals surface area contributed by atoms with Crippen molar-refractivity contribution in [3.8, 4) is 11.1 Å². The standard InChI is InChI=1S/C39H23F3/c1-20-14-23-15-21(2)17-33-34(23)30(16-20)32-19-24-18-31-27-7-4-3-6-26(27)28-8-5-9-29(37(28)31)35(24)36(38(32)33)22-10-12-25(13-11-22)39(40,41)42/h3-19H,1-2H3. The minimum absolute atomic E-state index is 0.636. The molecule has 0 aliphatic rings. The van der Waals surface area contributed by atoms with Crippen LogP contribution < -0.4 is 0 Å². The molecule has 0 saturated heterocycles. The van der Waals surface area contributed by atoms with E-state index in [9.17, 15) is 13.2 Å². The van der Waals surface area contributed by atoms with Crippen molar-refractivity contribution >= 4 is 75.4 Å². The van der Waals surface area contributed by atoms with Crippen LogP contribution in [-0.2, 0) is 6.18 Å². The van der Waals surface area contributed by atoms with Crippen molar-refractivity contribution in [2.24, 2.45) is 0 Å². The van der Waals surface area contributed by atoms with Gasteiger partial charge in [-0.3, -0.25) is 0 Å². The molecule has 0 fully saturated rings. The molecule has 9 aromatic rings. The summed E-state index contributed by atoms with van der Waals surface area (Å²) in [6.07, 6.45) is -4.39. The number of rotatable bonds is 1. The average Bonchev–Trinajstić information content (AvgIpc) is 3.45. The van der Waals surface area contributed by atoms with Gasteiger partial charge in [0.25, 0.3) is 0 Å². The van der Waals surface area contributed by atoms with Crippen molar-refractivity contribution in [3.63, 3.8) is 0 Å². The van der Waals surface area contributed by atoms with Crippen LogP contribution >= 0.6 is 0 Å². The number of halogens is 3. The second kappa shape index (κ2) is 7.89. The lowest BCUT2D eigenvalue weighted by molar-refractivity contribution is -0.137. The van der Waals surface area contributed by atoms with E-state index in [1.807, 2.05) is 0 Å². The molecule has 3 heteroatoms. The first-order chi connectivity index (χ1) is 20.3. The third-order valence-electron chi connectivity index (χ3n) is 9.17. The number of aryl methyl sites for hydroxylation is 2. The number of hydrogen-bond donors (Lipinski definition) is 0.